The molecule has 1 N–H and O–H groups in total. The summed E-state index contributed by atoms with van der Waals surface area (Å²) >= 11 is 0. The topological polar surface area (TPSA) is 63.6 Å². The standard InChI is InChI=1S/C21H24O4/c1-25-21(24)19(15-17-10-6-3-7-11-17)13-12-18(20(22)23)14-16-8-4-2-5-9-16/h2-11,18-19H,12-15H2,1H3,(H,22,23)/t18-,19-/m1/s1. The number of carbonyl (C=O) groups is 2. The number of hydrogen-bond donors (Lipinski definition) is 1. The fraction of sp³-hybridized carbons (Fsp3) is 0.333. The largest absolute Gasteiger partial charge is 0.481 e. The second-order valence-electron chi connectivity index (χ2n) is 6.21. The quantitative estimate of drug-likeness (QED) is 0.706. The van der Waals surface area contributed by atoms with Crippen molar-refractivity contribution in [1.82, 2.24) is 0 Å². The van der Waals surface area contributed by atoms with Gasteiger partial charge in [-0.2, -0.15) is 0 Å². The molecule has 0 aliphatic heterocycles. The van der Waals surface area contributed by atoms with Gasteiger partial charge in [-0.3, -0.25) is 9.59 Å². The van der Waals surface area contributed by atoms with Gasteiger partial charge in [0.25, 0.3) is 0 Å². The van der Waals surface area contributed by atoms with Crippen molar-refractivity contribution >= 4 is 11.9 Å². The van der Waals surface area contributed by atoms with Crippen molar-refractivity contribution in [2.75, 3.05) is 7.11 Å². The van der Waals surface area contributed by atoms with Gasteiger partial charge >= 0.3 is 11.9 Å². The number of ether oxygens (including phenoxy) is 1. The molecule has 0 spiro atoms. The van der Waals surface area contributed by atoms with E-state index in [-0.39, 0.29) is 11.9 Å². The van der Waals surface area contributed by atoms with Crippen LogP contribution in [0.25, 0.3) is 0 Å². The Labute approximate surface area is 148 Å². The first-order valence-electron chi connectivity index (χ1n) is 8.48. The molecule has 0 bridgehead atoms. The summed E-state index contributed by atoms with van der Waals surface area (Å²) < 4.78 is 4.91. The molecule has 0 amide bonds. The van der Waals surface area contributed by atoms with Crippen LogP contribution in [0.2, 0.25) is 0 Å². The predicted molar refractivity (Wildman–Crippen MR) is 96.2 cm³/mol. The van der Waals surface area contributed by atoms with E-state index < -0.39 is 11.9 Å². The van der Waals surface area contributed by atoms with Gasteiger partial charge in [-0.05, 0) is 36.8 Å². The van der Waals surface area contributed by atoms with E-state index in [1.807, 2.05) is 60.7 Å². The summed E-state index contributed by atoms with van der Waals surface area (Å²) in [5.74, 6) is -1.95. The SMILES string of the molecule is COC(=O)[C@H](CC[C@H](Cc1ccccc1)C(=O)O)Cc1ccccc1. The minimum absolute atomic E-state index is 0.285. The minimum Gasteiger partial charge on any atom is -0.481 e. The number of aliphatic carboxylic acids is 1. The summed E-state index contributed by atoms with van der Waals surface area (Å²) in [5, 5.41) is 9.52. The highest BCUT2D eigenvalue weighted by atomic mass is 16.5. The number of carboxylic acid groups (broad SMARTS) is 1. The van der Waals surface area contributed by atoms with Gasteiger partial charge in [0, 0.05) is 0 Å². The molecule has 2 atom stereocenters. The first kappa shape index (κ1) is 18.7. The van der Waals surface area contributed by atoms with E-state index in [0.717, 1.165) is 11.1 Å². The number of esters is 1. The van der Waals surface area contributed by atoms with E-state index in [1.165, 1.54) is 7.11 Å². The van der Waals surface area contributed by atoms with Crippen molar-refractivity contribution in [2.45, 2.75) is 25.7 Å². The molecule has 0 radical (unpaired) electrons. The Balaban J connectivity index is 2.01. The first-order valence-corrected chi connectivity index (χ1v) is 8.48. The first-order chi connectivity index (χ1) is 12.1. The van der Waals surface area contributed by atoms with Crippen LogP contribution in [0, 0.1) is 11.8 Å². The van der Waals surface area contributed by atoms with Gasteiger partial charge in [0.15, 0.2) is 0 Å². The van der Waals surface area contributed by atoms with Crippen LogP contribution in [0.1, 0.15) is 24.0 Å². The van der Waals surface area contributed by atoms with Crippen LogP contribution in [-0.2, 0) is 27.2 Å². The summed E-state index contributed by atoms with van der Waals surface area (Å²) in [6.45, 7) is 0. The lowest BCUT2D eigenvalue weighted by Crippen LogP contribution is -2.23. The zero-order valence-corrected chi connectivity index (χ0v) is 14.4. The van der Waals surface area contributed by atoms with Gasteiger partial charge in [0.1, 0.15) is 0 Å². The van der Waals surface area contributed by atoms with E-state index in [2.05, 4.69) is 0 Å². The van der Waals surface area contributed by atoms with Crippen molar-refractivity contribution < 1.29 is 19.4 Å². The maximum atomic E-state index is 12.1. The van der Waals surface area contributed by atoms with Gasteiger partial charge < -0.3 is 9.84 Å². The summed E-state index contributed by atoms with van der Waals surface area (Å²) in [6.07, 6.45) is 1.96. The highest BCUT2D eigenvalue weighted by molar-refractivity contribution is 5.73. The van der Waals surface area contributed by atoms with Crippen LogP contribution < -0.4 is 0 Å². The smallest absolute Gasteiger partial charge is 0.308 e. The summed E-state index contributed by atoms with van der Waals surface area (Å²) in [4.78, 5) is 23.7. The Morgan fingerprint density at radius 3 is 1.72 bits per heavy atom. The molecule has 0 heterocycles. The lowest BCUT2D eigenvalue weighted by atomic mass is 9.88. The summed E-state index contributed by atoms with van der Waals surface area (Å²) in [6, 6.07) is 19.3. The predicted octanol–water partition coefficient (Wildman–Crippen LogP) is 3.74. The molecule has 2 rings (SSSR count). The minimum atomic E-state index is -0.827. The van der Waals surface area contributed by atoms with Gasteiger partial charge in [0.05, 0.1) is 18.9 Å². The van der Waals surface area contributed by atoms with Crippen molar-refractivity contribution in [1.29, 1.82) is 0 Å². The summed E-state index contributed by atoms with van der Waals surface area (Å²) in [7, 11) is 1.37. The average molecular weight is 340 g/mol. The number of rotatable bonds is 9. The van der Waals surface area contributed by atoms with Crippen molar-refractivity contribution in [3.63, 3.8) is 0 Å². The molecule has 0 fully saturated rings. The molecule has 0 aliphatic rings. The summed E-state index contributed by atoms with van der Waals surface area (Å²) in [5.41, 5.74) is 2.04. The molecule has 4 nitrogen and oxygen atoms in total. The van der Waals surface area contributed by atoms with Crippen LogP contribution in [0.5, 0.6) is 0 Å². The van der Waals surface area contributed by atoms with Crippen LogP contribution in [-0.4, -0.2) is 24.2 Å². The number of benzene rings is 2. The zero-order valence-electron chi connectivity index (χ0n) is 14.4. The van der Waals surface area contributed by atoms with Gasteiger partial charge in [-0.1, -0.05) is 60.7 Å². The van der Waals surface area contributed by atoms with Crippen molar-refractivity contribution in [2.24, 2.45) is 11.8 Å². The number of hydrogen-bond acceptors (Lipinski definition) is 3. The molecule has 0 aliphatic carbocycles. The Hall–Kier alpha value is -2.62. The monoisotopic (exact) mass is 340 g/mol. The Morgan fingerprint density at radius 1 is 0.840 bits per heavy atom. The Bertz CT molecular complexity index is 667. The molecule has 0 aromatic heterocycles. The molecule has 4 heteroatoms. The van der Waals surface area contributed by atoms with E-state index >= 15 is 0 Å². The Morgan fingerprint density at radius 2 is 1.28 bits per heavy atom. The third kappa shape index (κ3) is 6.07. The molecule has 0 unspecified atom stereocenters. The molecule has 0 saturated heterocycles. The average Bonchev–Trinajstić information content (AvgIpc) is 2.64. The zero-order chi connectivity index (χ0) is 18.1. The van der Waals surface area contributed by atoms with Crippen molar-refractivity contribution in [3.8, 4) is 0 Å². The van der Waals surface area contributed by atoms with Crippen LogP contribution >= 0.6 is 0 Å². The maximum Gasteiger partial charge on any atom is 0.308 e. The fourth-order valence-corrected chi connectivity index (χ4v) is 2.98. The van der Waals surface area contributed by atoms with Crippen LogP contribution in [0.3, 0.4) is 0 Å². The highest BCUT2D eigenvalue weighted by Gasteiger charge is 2.24. The van der Waals surface area contributed by atoms with E-state index in [9.17, 15) is 14.7 Å². The van der Waals surface area contributed by atoms with Gasteiger partial charge in [-0.25, -0.2) is 0 Å². The fourth-order valence-electron chi connectivity index (χ4n) is 2.98. The lowest BCUT2D eigenvalue weighted by molar-refractivity contribution is -0.147. The number of carbonyl (C=O) groups excluding carboxylic acids is 1. The van der Waals surface area contributed by atoms with Crippen LogP contribution in [0.15, 0.2) is 60.7 Å². The molecule has 2 aromatic carbocycles. The molecule has 2 aromatic rings. The van der Waals surface area contributed by atoms with Gasteiger partial charge in [-0.15, -0.1) is 0 Å². The van der Waals surface area contributed by atoms with E-state index in [1.54, 1.807) is 0 Å². The highest BCUT2D eigenvalue weighted by Crippen LogP contribution is 2.22. The molecular formula is C21H24O4. The third-order valence-corrected chi connectivity index (χ3v) is 4.40. The molecule has 25 heavy (non-hydrogen) atoms. The normalized spacial score (nSPS) is 13.0. The molecule has 0 saturated carbocycles. The van der Waals surface area contributed by atoms with E-state index in [4.69, 9.17) is 4.74 Å². The number of methoxy groups -OCH3 is 1. The second-order valence-corrected chi connectivity index (χ2v) is 6.21. The third-order valence-electron chi connectivity index (χ3n) is 4.40. The maximum absolute atomic E-state index is 12.1. The van der Waals surface area contributed by atoms with Crippen molar-refractivity contribution in [3.05, 3.63) is 71.8 Å². The second kappa shape index (κ2) is 9.62. The molecule has 132 valence electrons. The number of carboxylic acids is 1. The molecular weight excluding hydrogens is 316 g/mol. The van der Waals surface area contributed by atoms with Crippen LogP contribution in [0.4, 0.5) is 0 Å². The lowest BCUT2D eigenvalue weighted by Gasteiger charge is -2.18. The van der Waals surface area contributed by atoms with Gasteiger partial charge in [0.2, 0.25) is 0 Å². The Kier molecular flexibility index (Phi) is 7.20. The van der Waals surface area contributed by atoms with E-state index in [0.29, 0.717) is 25.7 Å².